The van der Waals surface area contributed by atoms with Crippen LogP contribution in [0, 0.1) is 0 Å². The van der Waals surface area contributed by atoms with E-state index in [1.807, 2.05) is 13.8 Å². The van der Waals surface area contributed by atoms with Crippen molar-refractivity contribution in [2.75, 3.05) is 0 Å². The molecular weight excluding hydrogens is 294 g/mol. The molecule has 0 unspecified atom stereocenters. The van der Waals surface area contributed by atoms with Crippen LogP contribution in [0.5, 0.6) is 11.5 Å². The largest absolute Gasteiger partial charge is 0.508 e. The summed E-state index contributed by atoms with van der Waals surface area (Å²) in [6, 6.07) is 3.91. The number of aromatic nitrogens is 2. The zero-order chi connectivity index (χ0) is 16.6. The normalized spacial score (nSPS) is 17.7. The van der Waals surface area contributed by atoms with Gasteiger partial charge in [-0.3, -0.25) is 9.56 Å². The highest BCUT2D eigenvalue weighted by molar-refractivity contribution is 5.79. The van der Waals surface area contributed by atoms with Gasteiger partial charge in [-0.2, -0.15) is 0 Å². The maximum absolute atomic E-state index is 12.4. The number of nitrogens with one attached hydrogen (secondary N) is 1. The van der Waals surface area contributed by atoms with E-state index in [1.165, 1.54) is 18.2 Å². The number of aliphatic imine (C=N–C) groups is 1. The van der Waals surface area contributed by atoms with Gasteiger partial charge in [-0.15, -0.1) is 0 Å². The van der Waals surface area contributed by atoms with Crippen LogP contribution in [0.15, 0.2) is 39.8 Å². The van der Waals surface area contributed by atoms with Gasteiger partial charge in [0.25, 0.3) is 0 Å². The summed E-state index contributed by atoms with van der Waals surface area (Å²) in [6.07, 6.45) is 4.95. The third kappa shape index (κ3) is 2.79. The first-order valence-corrected chi connectivity index (χ1v) is 7.51. The second-order valence-electron chi connectivity index (χ2n) is 5.83. The Balaban J connectivity index is 2.11. The van der Waals surface area contributed by atoms with Crippen molar-refractivity contribution in [1.29, 1.82) is 0 Å². The fourth-order valence-corrected chi connectivity index (χ4v) is 2.91. The van der Waals surface area contributed by atoms with Gasteiger partial charge in [0.2, 0.25) is 0 Å². The van der Waals surface area contributed by atoms with Crippen molar-refractivity contribution >= 4 is 6.21 Å². The molecule has 0 aliphatic carbocycles. The number of aromatic amines is 1. The number of fused-ring (bicyclic) bond motifs is 1. The van der Waals surface area contributed by atoms with E-state index in [2.05, 4.69) is 9.98 Å². The molecule has 2 aromatic rings. The molecule has 0 spiro atoms. The Morgan fingerprint density at radius 2 is 2.09 bits per heavy atom. The van der Waals surface area contributed by atoms with Gasteiger partial charge >= 0.3 is 5.69 Å². The quantitative estimate of drug-likeness (QED) is 0.744. The first-order valence-electron chi connectivity index (χ1n) is 7.51. The average molecular weight is 313 g/mol. The molecule has 3 N–H and O–H groups in total. The molecular formula is C17H19N3O3. The number of allylic oxidation sites excluding steroid dienone is 1. The van der Waals surface area contributed by atoms with E-state index in [-0.39, 0.29) is 17.2 Å². The molecule has 23 heavy (non-hydrogen) atoms. The van der Waals surface area contributed by atoms with E-state index in [9.17, 15) is 15.0 Å². The number of benzene rings is 1. The smallest absolute Gasteiger partial charge is 0.326 e. The highest BCUT2D eigenvalue weighted by Crippen LogP contribution is 2.31. The number of nitrogens with zero attached hydrogens (tertiary/aromatic N) is 2. The SMILES string of the molecule is C/C1=C\N=Cc2[nH]c(=O)n([C@@H](C)c3cc(O)ccc3O)c2CC1. The highest BCUT2D eigenvalue weighted by atomic mass is 16.3. The minimum atomic E-state index is -0.410. The molecule has 1 aromatic heterocycles. The van der Waals surface area contributed by atoms with Crippen molar-refractivity contribution in [3.05, 3.63) is 57.4 Å². The number of rotatable bonds is 2. The molecule has 1 atom stereocenters. The van der Waals surface area contributed by atoms with Crippen LogP contribution in [0.3, 0.4) is 0 Å². The van der Waals surface area contributed by atoms with Gasteiger partial charge in [0.15, 0.2) is 0 Å². The molecule has 0 radical (unpaired) electrons. The van der Waals surface area contributed by atoms with E-state index in [0.717, 1.165) is 17.7 Å². The number of phenolic OH excluding ortho intramolecular Hbond substituents is 2. The summed E-state index contributed by atoms with van der Waals surface area (Å²) in [6.45, 7) is 3.82. The predicted octanol–water partition coefficient (Wildman–Crippen LogP) is 2.47. The zero-order valence-corrected chi connectivity index (χ0v) is 13.1. The molecule has 6 heteroatoms. The van der Waals surface area contributed by atoms with Gasteiger partial charge in [0.05, 0.1) is 18.0 Å². The standard InChI is InChI=1S/C17H19N3O3/c1-10-3-5-15-14(9-18-8-10)19-17(23)20(15)11(2)13-7-12(21)4-6-16(13)22/h4,6-9,11,21-22H,3,5H2,1-2H3,(H,19,23)/b10-8+,18-9?/t11-/m0/s1. The van der Waals surface area contributed by atoms with Gasteiger partial charge in [0, 0.05) is 17.5 Å². The molecule has 0 bridgehead atoms. The van der Waals surface area contributed by atoms with Crippen LogP contribution in [0.1, 0.15) is 43.3 Å². The molecule has 6 nitrogen and oxygen atoms in total. The van der Waals surface area contributed by atoms with E-state index >= 15 is 0 Å². The van der Waals surface area contributed by atoms with Crippen LogP contribution in [0.25, 0.3) is 0 Å². The summed E-state index contributed by atoms with van der Waals surface area (Å²) in [7, 11) is 0. The molecule has 0 saturated carbocycles. The molecule has 0 fully saturated rings. The lowest BCUT2D eigenvalue weighted by Crippen LogP contribution is -2.23. The zero-order valence-electron chi connectivity index (χ0n) is 13.1. The average Bonchev–Trinajstić information content (AvgIpc) is 2.80. The lowest BCUT2D eigenvalue weighted by molar-refractivity contribution is 0.442. The summed E-state index contributed by atoms with van der Waals surface area (Å²) in [5, 5.41) is 19.7. The third-order valence-corrected chi connectivity index (χ3v) is 4.17. The number of hydrogen-bond acceptors (Lipinski definition) is 4. The van der Waals surface area contributed by atoms with Crippen molar-refractivity contribution in [2.24, 2.45) is 4.99 Å². The van der Waals surface area contributed by atoms with Gasteiger partial charge in [-0.1, -0.05) is 5.57 Å². The molecule has 0 amide bonds. The number of imidazole rings is 1. The summed E-state index contributed by atoms with van der Waals surface area (Å²) < 4.78 is 1.62. The summed E-state index contributed by atoms with van der Waals surface area (Å²) in [5.74, 6) is 0.101. The summed E-state index contributed by atoms with van der Waals surface area (Å²) >= 11 is 0. The first kappa shape index (κ1) is 15.1. The maximum atomic E-state index is 12.4. The van der Waals surface area contributed by atoms with Crippen LogP contribution < -0.4 is 5.69 Å². The van der Waals surface area contributed by atoms with Crippen LogP contribution in [-0.2, 0) is 6.42 Å². The van der Waals surface area contributed by atoms with E-state index in [0.29, 0.717) is 17.7 Å². The Bertz CT molecular complexity index is 858. The van der Waals surface area contributed by atoms with Crippen LogP contribution >= 0.6 is 0 Å². The van der Waals surface area contributed by atoms with Crippen LogP contribution in [-0.4, -0.2) is 26.0 Å². The van der Waals surface area contributed by atoms with E-state index < -0.39 is 6.04 Å². The van der Waals surface area contributed by atoms with Gasteiger partial charge < -0.3 is 15.2 Å². The number of H-pyrrole nitrogens is 1. The molecule has 1 aromatic carbocycles. The minimum absolute atomic E-state index is 0.0488. The molecule has 3 rings (SSSR count). The second kappa shape index (κ2) is 5.79. The molecule has 0 saturated heterocycles. The second-order valence-corrected chi connectivity index (χ2v) is 5.83. The first-order chi connectivity index (χ1) is 11.0. The summed E-state index contributed by atoms with van der Waals surface area (Å²) in [4.78, 5) is 19.4. The minimum Gasteiger partial charge on any atom is -0.508 e. The third-order valence-electron chi connectivity index (χ3n) is 4.17. The predicted molar refractivity (Wildman–Crippen MR) is 88.3 cm³/mol. The van der Waals surface area contributed by atoms with Gasteiger partial charge in [0.1, 0.15) is 11.5 Å². The molecule has 1 aliphatic heterocycles. The lowest BCUT2D eigenvalue weighted by atomic mass is 10.0. The van der Waals surface area contributed by atoms with E-state index in [1.54, 1.807) is 17.0 Å². The number of aromatic hydroxyl groups is 2. The van der Waals surface area contributed by atoms with Crippen molar-refractivity contribution in [2.45, 2.75) is 32.7 Å². The van der Waals surface area contributed by atoms with Gasteiger partial charge in [-0.25, -0.2) is 4.79 Å². The van der Waals surface area contributed by atoms with Crippen LogP contribution in [0.4, 0.5) is 0 Å². The molecule has 2 heterocycles. The Hall–Kier alpha value is -2.76. The molecule has 120 valence electrons. The fourth-order valence-electron chi connectivity index (χ4n) is 2.91. The molecule has 1 aliphatic rings. The summed E-state index contributed by atoms with van der Waals surface area (Å²) in [5.41, 5.74) is 2.92. The van der Waals surface area contributed by atoms with Crippen molar-refractivity contribution < 1.29 is 10.2 Å². The Morgan fingerprint density at radius 1 is 1.30 bits per heavy atom. The van der Waals surface area contributed by atoms with Crippen molar-refractivity contribution in [3.8, 4) is 11.5 Å². The highest BCUT2D eigenvalue weighted by Gasteiger charge is 2.21. The van der Waals surface area contributed by atoms with E-state index in [4.69, 9.17) is 0 Å². The number of phenols is 2. The van der Waals surface area contributed by atoms with Crippen LogP contribution in [0.2, 0.25) is 0 Å². The lowest BCUT2D eigenvalue weighted by Gasteiger charge is -2.18. The monoisotopic (exact) mass is 313 g/mol. The Labute approximate surface area is 133 Å². The van der Waals surface area contributed by atoms with Crippen molar-refractivity contribution in [1.82, 2.24) is 9.55 Å². The fraction of sp³-hybridized carbons (Fsp3) is 0.294. The Morgan fingerprint density at radius 3 is 2.87 bits per heavy atom. The Kier molecular flexibility index (Phi) is 3.82. The van der Waals surface area contributed by atoms with Gasteiger partial charge in [-0.05, 0) is 44.9 Å². The topological polar surface area (TPSA) is 90.6 Å². The number of hydrogen-bond donors (Lipinski definition) is 3. The maximum Gasteiger partial charge on any atom is 0.326 e. The van der Waals surface area contributed by atoms with Crippen molar-refractivity contribution in [3.63, 3.8) is 0 Å².